The lowest BCUT2D eigenvalue weighted by molar-refractivity contribution is 0.00272. The van der Waals surface area contributed by atoms with Crippen molar-refractivity contribution in [3.8, 4) is 0 Å². The van der Waals surface area contributed by atoms with E-state index in [1.54, 1.807) is 7.05 Å². The van der Waals surface area contributed by atoms with Gasteiger partial charge in [0.2, 0.25) is 5.89 Å². The van der Waals surface area contributed by atoms with Crippen molar-refractivity contribution in [3.05, 3.63) is 17.8 Å². The molecule has 1 aromatic heterocycles. The van der Waals surface area contributed by atoms with Gasteiger partial charge in [-0.3, -0.25) is 9.89 Å². The number of hydrogen-bond donors (Lipinski definition) is 2. The van der Waals surface area contributed by atoms with Crippen LogP contribution in [-0.2, 0) is 16.7 Å². The van der Waals surface area contributed by atoms with Crippen molar-refractivity contribution in [2.75, 3.05) is 39.9 Å². The Morgan fingerprint density at radius 3 is 2.43 bits per heavy atom. The van der Waals surface area contributed by atoms with Gasteiger partial charge in [0.25, 0.3) is 0 Å². The summed E-state index contributed by atoms with van der Waals surface area (Å²) in [5, 5.41) is 6.83. The van der Waals surface area contributed by atoms with E-state index in [0.717, 1.165) is 44.6 Å². The van der Waals surface area contributed by atoms with Gasteiger partial charge in [0.15, 0.2) is 5.96 Å². The Labute approximate surface area is 170 Å². The van der Waals surface area contributed by atoms with Gasteiger partial charge in [-0.25, -0.2) is 4.98 Å². The highest BCUT2D eigenvalue weighted by Gasteiger charge is 2.27. The van der Waals surface area contributed by atoms with E-state index in [4.69, 9.17) is 9.15 Å². The minimum atomic E-state index is -0.0358. The standard InChI is InChI=1S/C21H39N5O2/c1-7-16(8-2)17(26-9-11-27-12-10-26)13-24-20(22-6)25-15-19-23-14-18(28-19)21(3,4)5/h14,16-17H,7-13,15H2,1-6H3,(H2,22,24,25). The molecule has 0 amide bonds. The van der Waals surface area contributed by atoms with Crippen LogP contribution in [0.2, 0.25) is 0 Å². The smallest absolute Gasteiger partial charge is 0.213 e. The average molecular weight is 394 g/mol. The number of aliphatic imine (C=N–C) groups is 1. The van der Waals surface area contributed by atoms with Crippen LogP contribution in [0.4, 0.5) is 0 Å². The summed E-state index contributed by atoms with van der Waals surface area (Å²) in [6.45, 7) is 16.0. The molecule has 0 saturated carbocycles. The summed E-state index contributed by atoms with van der Waals surface area (Å²) in [6.07, 6.45) is 4.17. The van der Waals surface area contributed by atoms with Crippen LogP contribution in [-0.4, -0.2) is 61.8 Å². The Balaban J connectivity index is 1.91. The van der Waals surface area contributed by atoms with Crippen molar-refractivity contribution in [2.24, 2.45) is 10.9 Å². The molecule has 7 nitrogen and oxygen atoms in total. The summed E-state index contributed by atoms with van der Waals surface area (Å²) in [7, 11) is 1.80. The number of rotatable bonds is 8. The summed E-state index contributed by atoms with van der Waals surface area (Å²) in [4.78, 5) is 11.3. The zero-order valence-electron chi connectivity index (χ0n) is 18.5. The van der Waals surface area contributed by atoms with E-state index in [9.17, 15) is 0 Å². The predicted octanol–water partition coefficient (Wildman–Crippen LogP) is 2.77. The second-order valence-electron chi connectivity index (χ2n) is 8.47. The summed E-state index contributed by atoms with van der Waals surface area (Å²) >= 11 is 0. The predicted molar refractivity (Wildman–Crippen MR) is 114 cm³/mol. The maximum Gasteiger partial charge on any atom is 0.213 e. The van der Waals surface area contributed by atoms with Gasteiger partial charge in [0, 0.05) is 38.1 Å². The number of nitrogens with zero attached hydrogens (tertiary/aromatic N) is 3. The number of hydrogen-bond acceptors (Lipinski definition) is 5. The lowest BCUT2D eigenvalue weighted by atomic mass is 9.92. The van der Waals surface area contributed by atoms with E-state index in [1.165, 1.54) is 12.8 Å². The third-order valence-electron chi connectivity index (χ3n) is 5.51. The third kappa shape index (κ3) is 6.48. The molecular formula is C21H39N5O2. The first-order valence-corrected chi connectivity index (χ1v) is 10.6. The van der Waals surface area contributed by atoms with Crippen LogP contribution in [0.3, 0.4) is 0 Å². The average Bonchev–Trinajstić information content (AvgIpc) is 3.17. The Morgan fingerprint density at radius 1 is 1.21 bits per heavy atom. The molecule has 2 heterocycles. The molecule has 1 aliphatic heterocycles. The van der Waals surface area contributed by atoms with Crippen LogP contribution in [0.15, 0.2) is 15.6 Å². The van der Waals surface area contributed by atoms with Gasteiger partial charge in [-0.1, -0.05) is 47.5 Å². The van der Waals surface area contributed by atoms with Gasteiger partial charge in [0.05, 0.1) is 26.0 Å². The number of oxazole rings is 1. The molecule has 1 fully saturated rings. The number of ether oxygens (including phenoxy) is 1. The lowest BCUT2D eigenvalue weighted by Crippen LogP contribution is -2.53. The van der Waals surface area contributed by atoms with Gasteiger partial charge in [-0.05, 0) is 5.92 Å². The molecule has 0 aliphatic carbocycles. The molecule has 160 valence electrons. The molecule has 1 aromatic rings. The maximum absolute atomic E-state index is 5.86. The zero-order valence-corrected chi connectivity index (χ0v) is 18.5. The van der Waals surface area contributed by atoms with Crippen LogP contribution in [0.25, 0.3) is 0 Å². The molecule has 1 unspecified atom stereocenters. The molecule has 0 aromatic carbocycles. The van der Waals surface area contributed by atoms with E-state index in [-0.39, 0.29) is 5.41 Å². The number of nitrogens with one attached hydrogen (secondary N) is 2. The maximum atomic E-state index is 5.86. The first-order chi connectivity index (χ1) is 13.4. The highest BCUT2D eigenvalue weighted by Crippen LogP contribution is 2.22. The summed E-state index contributed by atoms with van der Waals surface area (Å²) in [5.41, 5.74) is -0.0358. The van der Waals surface area contributed by atoms with Gasteiger partial charge < -0.3 is 19.8 Å². The van der Waals surface area contributed by atoms with Crippen LogP contribution in [0, 0.1) is 5.92 Å². The molecule has 2 N–H and O–H groups in total. The number of aromatic nitrogens is 1. The van der Waals surface area contributed by atoms with E-state index >= 15 is 0 Å². The first kappa shape index (κ1) is 22.7. The highest BCUT2D eigenvalue weighted by atomic mass is 16.5. The highest BCUT2D eigenvalue weighted by molar-refractivity contribution is 5.79. The van der Waals surface area contributed by atoms with Gasteiger partial charge in [-0.2, -0.15) is 0 Å². The van der Waals surface area contributed by atoms with Crippen molar-refractivity contribution in [1.82, 2.24) is 20.5 Å². The molecule has 1 atom stereocenters. The monoisotopic (exact) mass is 393 g/mol. The van der Waals surface area contributed by atoms with Gasteiger partial charge in [-0.15, -0.1) is 0 Å². The van der Waals surface area contributed by atoms with Crippen molar-refractivity contribution < 1.29 is 9.15 Å². The van der Waals surface area contributed by atoms with E-state index < -0.39 is 0 Å². The Hall–Kier alpha value is -1.60. The summed E-state index contributed by atoms with van der Waals surface area (Å²) in [6, 6.07) is 0.478. The van der Waals surface area contributed by atoms with Crippen LogP contribution >= 0.6 is 0 Å². The SMILES string of the molecule is CCC(CC)C(CNC(=NC)NCc1ncc(C(C)(C)C)o1)N1CCOCC1. The molecule has 1 saturated heterocycles. The van der Waals surface area contributed by atoms with E-state index in [0.29, 0.717) is 24.4 Å². The Kier molecular flexibility index (Phi) is 8.76. The zero-order chi connectivity index (χ0) is 20.6. The van der Waals surface area contributed by atoms with Crippen molar-refractivity contribution in [2.45, 2.75) is 65.5 Å². The molecule has 0 radical (unpaired) electrons. The topological polar surface area (TPSA) is 74.9 Å². The molecule has 7 heteroatoms. The molecule has 0 bridgehead atoms. The quantitative estimate of drug-likeness (QED) is 0.523. The first-order valence-electron chi connectivity index (χ1n) is 10.6. The largest absolute Gasteiger partial charge is 0.443 e. The van der Waals surface area contributed by atoms with Crippen LogP contribution in [0.5, 0.6) is 0 Å². The fourth-order valence-electron chi connectivity index (χ4n) is 3.66. The lowest BCUT2D eigenvalue weighted by Gasteiger charge is -2.39. The minimum absolute atomic E-state index is 0.0358. The summed E-state index contributed by atoms with van der Waals surface area (Å²) in [5.74, 6) is 3.01. The van der Waals surface area contributed by atoms with E-state index in [1.807, 2.05) is 6.20 Å². The second-order valence-corrected chi connectivity index (χ2v) is 8.47. The molecule has 0 spiro atoms. The molecule has 28 heavy (non-hydrogen) atoms. The normalized spacial score (nSPS) is 17.8. The number of guanidine groups is 1. The van der Waals surface area contributed by atoms with Gasteiger partial charge in [0.1, 0.15) is 5.76 Å². The number of morpholine rings is 1. The molecular weight excluding hydrogens is 354 g/mol. The van der Waals surface area contributed by atoms with Crippen molar-refractivity contribution >= 4 is 5.96 Å². The Bertz CT molecular complexity index is 598. The van der Waals surface area contributed by atoms with Gasteiger partial charge >= 0.3 is 0 Å². The summed E-state index contributed by atoms with van der Waals surface area (Å²) < 4.78 is 11.4. The minimum Gasteiger partial charge on any atom is -0.443 e. The van der Waals surface area contributed by atoms with Crippen molar-refractivity contribution in [1.29, 1.82) is 0 Å². The molecule has 1 aliphatic rings. The third-order valence-corrected chi connectivity index (χ3v) is 5.51. The fraction of sp³-hybridized carbons (Fsp3) is 0.810. The molecule has 2 rings (SSSR count). The van der Waals surface area contributed by atoms with Crippen molar-refractivity contribution in [3.63, 3.8) is 0 Å². The van der Waals surface area contributed by atoms with E-state index in [2.05, 4.69) is 60.1 Å². The van der Waals surface area contributed by atoms with Crippen LogP contribution < -0.4 is 10.6 Å². The second kappa shape index (κ2) is 10.8. The van der Waals surface area contributed by atoms with Crippen LogP contribution in [0.1, 0.15) is 59.1 Å². The fourth-order valence-corrected chi connectivity index (χ4v) is 3.66. The Morgan fingerprint density at radius 2 is 1.89 bits per heavy atom.